The molecular weight excluding hydrogens is 397 g/mol. The Kier molecular flexibility index (Phi) is 7.48. The Labute approximate surface area is 173 Å². The van der Waals surface area contributed by atoms with Crippen LogP contribution in [-0.4, -0.2) is 31.5 Å². The molecule has 0 saturated heterocycles. The van der Waals surface area contributed by atoms with E-state index in [0.29, 0.717) is 11.8 Å². The van der Waals surface area contributed by atoms with E-state index < -0.39 is 34.8 Å². The minimum absolute atomic E-state index is 0.0270. The zero-order valence-electron chi connectivity index (χ0n) is 17.4. The van der Waals surface area contributed by atoms with Crippen LogP contribution in [0.15, 0.2) is 30.3 Å². The summed E-state index contributed by atoms with van der Waals surface area (Å²) in [6.07, 6.45) is 0. The summed E-state index contributed by atoms with van der Waals surface area (Å²) >= 11 is 0. The number of aryl methyl sites for hydroxylation is 1. The number of amides is 2. The lowest BCUT2D eigenvalue weighted by atomic mass is 9.85. The Morgan fingerprint density at radius 3 is 2.30 bits per heavy atom. The Morgan fingerprint density at radius 2 is 1.63 bits per heavy atom. The second-order valence-corrected chi connectivity index (χ2v) is 7.87. The van der Waals surface area contributed by atoms with E-state index in [9.17, 15) is 22.8 Å². The largest absolute Gasteiger partial charge is 0.483 e. The van der Waals surface area contributed by atoms with E-state index in [-0.39, 0.29) is 25.1 Å². The molecule has 2 aromatic rings. The molecule has 0 saturated carbocycles. The van der Waals surface area contributed by atoms with Gasteiger partial charge in [-0.15, -0.1) is 0 Å². The van der Waals surface area contributed by atoms with Crippen molar-refractivity contribution in [3.63, 3.8) is 0 Å². The van der Waals surface area contributed by atoms with Gasteiger partial charge < -0.3 is 15.4 Å². The lowest BCUT2D eigenvalue weighted by Crippen LogP contribution is -2.37. The first-order chi connectivity index (χ1) is 14.0. The molecule has 2 rings (SSSR count). The molecule has 0 aliphatic rings. The predicted molar refractivity (Wildman–Crippen MR) is 107 cm³/mol. The maximum atomic E-state index is 13.6. The summed E-state index contributed by atoms with van der Waals surface area (Å²) in [5, 5.41) is 4.89. The molecule has 0 heterocycles. The number of carbonyl (C=O) groups is 2. The van der Waals surface area contributed by atoms with Crippen LogP contribution >= 0.6 is 0 Å². The topological polar surface area (TPSA) is 67.4 Å². The van der Waals surface area contributed by atoms with E-state index in [1.165, 1.54) is 0 Å². The maximum Gasteiger partial charge on any atom is 0.258 e. The number of halogens is 3. The molecule has 0 spiro atoms. The quantitative estimate of drug-likeness (QED) is 0.529. The van der Waals surface area contributed by atoms with Gasteiger partial charge >= 0.3 is 0 Å². The van der Waals surface area contributed by atoms with Crippen LogP contribution < -0.4 is 15.4 Å². The number of carbonyl (C=O) groups excluding carboxylic acids is 2. The summed E-state index contributed by atoms with van der Waals surface area (Å²) in [7, 11) is 0. The minimum atomic E-state index is -1.71. The standard InChI is InChI=1S/C22H25F3N2O3/c1-13-5-8-17(15(11-13)22(2,3)4)30-12-18(28)26-9-10-27-21(29)14-6-7-16(23)20(25)19(14)24/h5-8,11H,9-10,12H2,1-4H3,(H,26,28)(H,27,29). The maximum absolute atomic E-state index is 13.6. The Balaban J connectivity index is 1.81. The third-order valence-electron chi connectivity index (χ3n) is 4.31. The van der Waals surface area contributed by atoms with E-state index >= 15 is 0 Å². The molecule has 8 heteroatoms. The van der Waals surface area contributed by atoms with Gasteiger partial charge in [0.15, 0.2) is 24.1 Å². The summed E-state index contributed by atoms with van der Waals surface area (Å²) < 4.78 is 45.3. The molecule has 2 aromatic carbocycles. The predicted octanol–water partition coefficient (Wildman–Crippen LogP) is 3.63. The Bertz CT molecular complexity index is 940. The highest BCUT2D eigenvalue weighted by Crippen LogP contribution is 2.32. The molecule has 0 fully saturated rings. The molecule has 0 aliphatic carbocycles. The van der Waals surface area contributed by atoms with Crippen LogP contribution in [0.4, 0.5) is 13.2 Å². The molecule has 30 heavy (non-hydrogen) atoms. The molecule has 0 aliphatic heterocycles. The van der Waals surface area contributed by atoms with E-state index in [1.807, 2.05) is 45.9 Å². The molecule has 0 radical (unpaired) electrons. The SMILES string of the molecule is Cc1ccc(OCC(=O)NCCNC(=O)c2ccc(F)c(F)c2F)c(C(C)(C)C)c1. The molecule has 162 valence electrons. The molecular formula is C22H25F3N2O3. The molecule has 2 amide bonds. The van der Waals surface area contributed by atoms with Gasteiger partial charge in [0.25, 0.3) is 11.8 Å². The first-order valence-corrected chi connectivity index (χ1v) is 9.43. The van der Waals surface area contributed by atoms with E-state index in [1.54, 1.807) is 0 Å². The number of hydrogen-bond acceptors (Lipinski definition) is 3. The second kappa shape index (κ2) is 9.65. The summed E-state index contributed by atoms with van der Waals surface area (Å²) in [5.41, 5.74) is 1.30. The van der Waals surface area contributed by atoms with Crippen molar-refractivity contribution in [1.29, 1.82) is 0 Å². The van der Waals surface area contributed by atoms with Crippen LogP contribution in [-0.2, 0) is 10.2 Å². The zero-order chi connectivity index (χ0) is 22.5. The van der Waals surface area contributed by atoms with E-state index in [0.717, 1.165) is 17.2 Å². The number of hydrogen-bond donors (Lipinski definition) is 2. The van der Waals surface area contributed by atoms with Crippen LogP contribution in [0, 0.1) is 24.4 Å². The highest BCUT2D eigenvalue weighted by Gasteiger charge is 2.20. The van der Waals surface area contributed by atoms with E-state index in [4.69, 9.17) is 4.74 Å². The summed E-state index contributed by atoms with van der Waals surface area (Å²) in [4.78, 5) is 23.9. The van der Waals surface area contributed by atoms with Gasteiger partial charge in [0.1, 0.15) is 5.75 Å². The molecule has 0 aromatic heterocycles. The fourth-order valence-electron chi connectivity index (χ4n) is 2.72. The minimum Gasteiger partial charge on any atom is -0.483 e. The average Bonchev–Trinajstić information content (AvgIpc) is 2.67. The van der Waals surface area contributed by atoms with Crippen LogP contribution in [0.25, 0.3) is 0 Å². The van der Waals surface area contributed by atoms with Crippen molar-refractivity contribution in [2.24, 2.45) is 0 Å². The smallest absolute Gasteiger partial charge is 0.258 e. The number of ether oxygens (including phenoxy) is 1. The third kappa shape index (κ3) is 5.98. The first kappa shape index (κ1) is 23.3. The highest BCUT2D eigenvalue weighted by molar-refractivity contribution is 5.94. The Hall–Kier alpha value is -3.03. The van der Waals surface area contributed by atoms with Crippen LogP contribution in [0.5, 0.6) is 5.75 Å². The normalized spacial score (nSPS) is 11.2. The van der Waals surface area contributed by atoms with Crippen molar-refractivity contribution >= 4 is 11.8 Å². The monoisotopic (exact) mass is 422 g/mol. The van der Waals surface area contributed by atoms with Crippen LogP contribution in [0.2, 0.25) is 0 Å². The van der Waals surface area contributed by atoms with Gasteiger partial charge in [0.2, 0.25) is 0 Å². The lowest BCUT2D eigenvalue weighted by Gasteiger charge is -2.23. The van der Waals surface area contributed by atoms with Gasteiger partial charge in [-0.3, -0.25) is 9.59 Å². The summed E-state index contributed by atoms with van der Waals surface area (Å²) in [6.45, 7) is 7.94. The highest BCUT2D eigenvalue weighted by atomic mass is 19.2. The molecule has 0 atom stereocenters. The number of benzene rings is 2. The van der Waals surface area contributed by atoms with Crippen molar-refractivity contribution in [2.45, 2.75) is 33.1 Å². The van der Waals surface area contributed by atoms with Crippen molar-refractivity contribution in [3.05, 3.63) is 64.5 Å². The second-order valence-electron chi connectivity index (χ2n) is 7.87. The summed E-state index contributed by atoms with van der Waals surface area (Å²) in [6, 6.07) is 7.25. The van der Waals surface area contributed by atoms with Gasteiger partial charge in [-0.25, -0.2) is 13.2 Å². The average molecular weight is 422 g/mol. The third-order valence-corrected chi connectivity index (χ3v) is 4.31. The zero-order valence-corrected chi connectivity index (χ0v) is 17.4. The van der Waals surface area contributed by atoms with Gasteiger partial charge in [0, 0.05) is 13.1 Å². The van der Waals surface area contributed by atoms with Crippen molar-refractivity contribution in [2.75, 3.05) is 19.7 Å². The van der Waals surface area contributed by atoms with E-state index in [2.05, 4.69) is 10.6 Å². The fraction of sp³-hybridized carbons (Fsp3) is 0.364. The fourth-order valence-corrected chi connectivity index (χ4v) is 2.72. The van der Waals surface area contributed by atoms with Crippen LogP contribution in [0.1, 0.15) is 42.3 Å². The van der Waals surface area contributed by atoms with Crippen LogP contribution in [0.3, 0.4) is 0 Å². The Morgan fingerprint density at radius 1 is 0.967 bits per heavy atom. The van der Waals surface area contributed by atoms with Gasteiger partial charge in [-0.1, -0.05) is 38.5 Å². The van der Waals surface area contributed by atoms with Crippen molar-refractivity contribution in [3.8, 4) is 5.75 Å². The van der Waals surface area contributed by atoms with Gasteiger partial charge in [-0.2, -0.15) is 0 Å². The van der Waals surface area contributed by atoms with Gasteiger partial charge in [0.05, 0.1) is 5.56 Å². The molecule has 2 N–H and O–H groups in total. The first-order valence-electron chi connectivity index (χ1n) is 9.43. The number of nitrogens with one attached hydrogen (secondary N) is 2. The number of rotatable bonds is 7. The molecule has 0 unspecified atom stereocenters. The molecule has 0 bridgehead atoms. The van der Waals surface area contributed by atoms with Gasteiger partial charge in [-0.05, 0) is 36.1 Å². The van der Waals surface area contributed by atoms with Crippen molar-refractivity contribution in [1.82, 2.24) is 10.6 Å². The lowest BCUT2D eigenvalue weighted by molar-refractivity contribution is -0.123. The van der Waals surface area contributed by atoms with Crippen molar-refractivity contribution < 1.29 is 27.5 Å². The summed E-state index contributed by atoms with van der Waals surface area (Å²) in [5.74, 6) is -5.34. The molecule has 5 nitrogen and oxygen atoms in total.